The van der Waals surface area contributed by atoms with Gasteiger partial charge in [-0.15, -0.1) is 0 Å². The van der Waals surface area contributed by atoms with Crippen molar-refractivity contribution in [3.63, 3.8) is 0 Å². The van der Waals surface area contributed by atoms with E-state index in [1.807, 2.05) is 6.07 Å². The molecule has 92 valence electrons. The Labute approximate surface area is 100 Å². The number of hydrogen-bond acceptors (Lipinski definition) is 4. The van der Waals surface area contributed by atoms with Crippen LogP contribution < -0.4 is 10.6 Å². The van der Waals surface area contributed by atoms with E-state index in [9.17, 15) is 4.79 Å². The number of anilines is 2. The average molecular weight is 235 g/mol. The summed E-state index contributed by atoms with van der Waals surface area (Å²) in [6.45, 7) is 1.71. The fourth-order valence-corrected chi connectivity index (χ4v) is 2.22. The molecule has 0 unspecified atom stereocenters. The average Bonchev–Trinajstić information content (AvgIpc) is 2.29. The Kier molecular flexibility index (Phi) is 3.46. The van der Waals surface area contributed by atoms with Crippen molar-refractivity contribution >= 4 is 17.5 Å². The lowest BCUT2D eigenvalue weighted by Crippen LogP contribution is -2.34. The number of pyridine rings is 1. The van der Waals surface area contributed by atoms with E-state index in [0.29, 0.717) is 11.6 Å². The highest BCUT2D eigenvalue weighted by Gasteiger charge is 2.21. The molecular formula is C12H17N3O2. The molecule has 0 atom stereocenters. The predicted octanol–water partition coefficient (Wildman–Crippen LogP) is 1.35. The van der Waals surface area contributed by atoms with Crippen LogP contribution in [-0.2, 0) is 4.79 Å². The zero-order chi connectivity index (χ0) is 12.3. The molecule has 17 heavy (non-hydrogen) atoms. The van der Waals surface area contributed by atoms with Crippen molar-refractivity contribution in [3.05, 3.63) is 18.3 Å². The number of nitrogen functional groups attached to an aromatic ring is 1. The number of carboxylic acids is 1. The quantitative estimate of drug-likeness (QED) is 0.826. The zero-order valence-corrected chi connectivity index (χ0v) is 9.67. The number of aromatic nitrogens is 1. The van der Waals surface area contributed by atoms with Crippen LogP contribution >= 0.6 is 0 Å². The molecule has 1 aromatic heterocycles. The van der Waals surface area contributed by atoms with Crippen molar-refractivity contribution in [2.75, 3.05) is 23.7 Å². The normalized spacial score (nSPS) is 17.1. The largest absolute Gasteiger partial charge is 0.481 e. The van der Waals surface area contributed by atoms with Gasteiger partial charge in [0.15, 0.2) is 0 Å². The van der Waals surface area contributed by atoms with Gasteiger partial charge in [-0.25, -0.2) is 4.98 Å². The molecular weight excluding hydrogens is 218 g/mol. The number of carboxylic acid groups (broad SMARTS) is 1. The van der Waals surface area contributed by atoms with Crippen molar-refractivity contribution in [1.29, 1.82) is 0 Å². The molecule has 2 heterocycles. The number of aliphatic carboxylic acids is 1. The van der Waals surface area contributed by atoms with Gasteiger partial charge in [0.2, 0.25) is 0 Å². The Bertz CT molecular complexity index is 400. The summed E-state index contributed by atoms with van der Waals surface area (Å²) in [4.78, 5) is 17.1. The van der Waals surface area contributed by atoms with Crippen LogP contribution in [0.5, 0.6) is 0 Å². The SMILES string of the molecule is Nc1ccnc(N2CCC(CC(=O)O)CC2)c1. The van der Waals surface area contributed by atoms with Crippen molar-refractivity contribution in [2.45, 2.75) is 19.3 Å². The predicted molar refractivity (Wildman–Crippen MR) is 65.8 cm³/mol. The van der Waals surface area contributed by atoms with Crippen molar-refractivity contribution in [3.8, 4) is 0 Å². The minimum absolute atomic E-state index is 0.276. The molecule has 0 radical (unpaired) electrons. The Hall–Kier alpha value is -1.78. The van der Waals surface area contributed by atoms with E-state index in [1.54, 1.807) is 12.3 Å². The van der Waals surface area contributed by atoms with Crippen LogP contribution in [0.1, 0.15) is 19.3 Å². The Morgan fingerprint density at radius 1 is 1.53 bits per heavy atom. The third-order valence-electron chi connectivity index (χ3n) is 3.17. The molecule has 2 rings (SSSR count). The van der Waals surface area contributed by atoms with Crippen LogP contribution in [0, 0.1) is 5.92 Å². The van der Waals surface area contributed by atoms with Gasteiger partial charge in [-0.3, -0.25) is 4.79 Å². The number of nitrogens with two attached hydrogens (primary N) is 1. The van der Waals surface area contributed by atoms with E-state index in [4.69, 9.17) is 10.8 Å². The number of nitrogens with zero attached hydrogens (tertiary/aromatic N) is 2. The topological polar surface area (TPSA) is 79.5 Å². The molecule has 1 aliphatic heterocycles. The summed E-state index contributed by atoms with van der Waals surface area (Å²) in [6.07, 6.45) is 3.79. The number of rotatable bonds is 3. The van der Waals surface area contributed by atoms with Gasteiger partial charge in [0.25, 0.3) is 0 Å². The van der Waals surface area contributed by atoms with E-state index in [2.05, 4.69) is 9.88 Å². The first-order valence-electron chi connectivity index (χ1n) is 5.83. The second kappa shape index (κ2) is 5.03. The van der Waals surface area contributed by atoms with Crippen LogP contribution in [0.3, 0.4) is 0 Å². The summed E-state index contributed by atoms with van der Waals surface area (Å²) in [5, 5.41) is 8.74. The standard InChI is InChI=1S/C12H17N3O2/c13-10-1-4-14-11(8-10)15-5-2-9(3-6-15)7-12(16)17/h1,4,8-9H,2-3,5-7H2,(H2,13,14)(H,16,17). The van der Waals surface area contributed by atoms with Crippen LogP contribution in [0.15, 0.2) is 18.3 Å². The minimum Gasteiger partial charge on any atom is -0.481 e. The van der Waals surface area contributed by atoms with Crippen LogP contribution in [-0.4, -0.2) is 29.1 Å². The minimum atomic E-state index is -0.703. The first-order chi connectivity index (χ1) is 8.15. The van der Waals surface area contributed by atoms with Gasteiger partial charge in [0, 0.05) is 37.5 Å². The Balaban J connectivity index is 1.93. The van der Waals surface area contributed by atoms with Gasteiger partial charge in [-0.05, 0) is 24.8 Å². The maximum absolute atomic E-state index is 10.6. The summed E-state index contributed by atoms with van der Waals surface area (Å²) in [5.74, 6) is 0.481. The Morgan fingerprint density at radius 3 is 2.82 bits per heavy atom. The van der Waals surface area contributed by atoms with Crippen molar-refractivity contribution < 1.29 is 9.90 Å². The highest BCUT2D eigenvalue weighted by atomic mass is 16.4. The van der Waals surface area contributed by atoms with E-state index in [0.717, 1.165) is 31.7 Å². The molecule has 5 heteroatoms. The molecule has 1 fully saturated rings. The lowest BCUT2D eigenvalue weighted by molar-refractivity contribution is -0.138. The van der Waals surface area contributed by atoms with Crippen molar-refractivity contribution in [1.82, 2.24) is 4.98 Å². The first kappa shape index (κ1) is 11.7. The smallest absolute Gasteiger partial charge is 0.303 e. The monoisotopic (exact) mass is 235 g/mol. The fraction of sp³-hybridized carbons (Fsp3) is 0.500. The maximum atomic E-state index is 10.6. The van der Waals surface area contributed by atoms with E-state index in [-0.39, 0.29) is 6.42 Å². The summed E-state index contributed by atoms with van der Waals surface area (Å²) < 4.78 is 0. The molecule has 0 spiro atoms. The third-order valence-corrected chi connectivity index (χ3v) is 3.17. The summed E-state index contributed by atoms with van der Waals surface area (Å²) >= 11 is 0. The molecule has 0 bridgehead atoms. The molecule has 0 aliphatic carbocycles. The second-order valence-corrected chi connectivity index (χ2v) is 4.48. The van der Waals surface area contributed by atoms with Gasteiger partial charge in [0.1, 0.15) is 5.82 Å². The van der Waals surface area contributed by atoms with E-state index in [1.165, 1.54) is 0 Å². The maximum Gasteiger partial charge on any atom is 0.303 e. The number of carbonyl (C=O) groups is 1. The lowest BCUT2D eigenvalue weighted by Gasteiger charge is -2.32. The highest BCUT2D eigenvalue weighted by molar-refractivity contribution is 5.67. The number of hydrogen-bond donors (Lipinski definition) is 2. The Morgan fingerprint density at radius 2 is 2.24 bits per heavy atom. The third kappa shape index (κ3) is 3.09. The summed E-state index contributed by atoms with van der Waals surface area (Å²) in [6, 6.07) is 3.62. The van der Waals surface area contributed by atoms with E-state index < -0.39 is 5.97 Å². The molecule has 1 aliphatic rings. The van der Waals surface area contributed by atoms with Crippen LogP contribution in [0.4, 0.5) is 11.5 Å². The second-order valence-electron chi connectivity index (χ2n) is 4.48. The molecule has 0 saturated carbocycles. The van der Waals surface area contributed by atoms with Crippen LogP contribution in [0.2, 0.25) is 0 Å². The van der Waals surface area contributed by atoms with Gasteiger partial charge in [-0.2, -0.15) is 0 Å². The van der Waals surface area contributed by atoms with Gasteiger partial charge in [-0.1, -0.05) is 0 Å². The number of piperidine rings is 1. The van der Waals surface area contributed by atoms with Gasteiger partial charge in [0.05, 0.1) is 0 Å². The first-order valence-corrected chi connectivity index (χ1v) is 5.83. The lowest BCUT2D eigenvalue weighted by atomic mass is 9.94. The fourth-order valence-electron chi connectivity index (χ4n) is 2.22. The van der Waals surface area contributed by atoms with Crippen molar-refractivity contribution in [2.24, 2.45) is 5.92 Å². The van der Waals surface area contributed by atoms with E-state index >= 15 is 0 Å². The zero-order valence-electron chi connectivity index (χ0n) is 9.67. The van der Waals surface area contributed by atoms with Gasteiger partial charge >= 0.3 is 5.97 Å². The van der Waals surface area contributed by atoms with Gasteiger partial charge < -0.3 is 15.7 Å². The molecule has 0 aromatic carbocycles. The highest BCUT2D eigenvalue weighted by Crippen LogP contribution is 2.24. The molecule has 1 aromatic rings. The molecule has 3 N–H and O–H groups in total. The summed E-state index contributed by atoms with van der Waals surface area (Å²) in [5.41, 5.74) is 6.42. The van der Waals surface area contributed by atoms with Crippen LogP contribution in [0.25, 0.3) is 0 Å². The summed E-state index contributed by atoms with van der Waals surface area (Å²) in [7, 11) is 0. The molecule has 5 nitrogen and oxygen atoms in total. The molecule has 0 amide bonds. The molecule has 1 saturated heterocycles.